The van der Waals surface area contributed by atoms with E-state index in [1.807, 2.05) is 4.98 Å². The molecule has 0 unspecified atom stereocenters. The second-order valence-corrected chi connectivity index (χ2v) is 3.72. The quantitative estimate of drug-likeness (QED) is 0.609. The fraction of sp³-hybridized carbons (Fsp3) is 0.444. The summed E-state index contributed by atoms with van der Waals surface area (Å²) in [6, 6.07) is 0. The molecule has 0 atom stereocenters. The van der Waals surface area contributed by atoms with Gasteiger partial charge < -0.3 is 4.74 Å². The number of halogens is 11. The second-order valence-electron chi connectivity index (χ2n) is 3.72. The first-order valence-corrected chi connectivity index (χ1v) is 4.87. The van der Waals surface area contributed by atoms with Crippen LogP contribution in [0.4, 0.5) is 48.3 Å². The molecule has 126 valence electrons. The summed E-state index contributed by atoms with van der Waals surface area (Å²) < 4.78 is 140. The average Bonchev–Trinajstić information content (AvgIpc) is 2.34. The third kappa shape index (κ3) is 3.02. The Bertz CT molecular complexity index is 541. The van der Waals surface area contributed by atoms with Crippen LogP contribution in [0.15, 0.2) is 0 Å². The molecule has 0 aromatic carbocycles. The van der Waals surface area contributed by atoms with Gasteiger partial charge >= 0.3 is 18.0 Å². The summed E-state index contributed by atoms with van der Waals surface area (Å²) in [5.41, 5.74) is 0. The van der Waals surface area contributed by atoms with Gasteiger partial charge in [-0.25, -0.2) is 0 Å². The Morgan fingerprint density at radius 3 is 1.55 bits per heavy atom. The summed E-state index contributed by atoms with van der Waals surface area (Å²) in [6.07, 6.45) is -6.70. The summed E-state index contributed by atoms with van der Waals surface area (Å²) in [6.45, 7) is -2.91. The zero-order valence-corrected chi connectivity index (χ0v) is 9.72. The molecule has 0 aliphatic rings. The minimum Gasteiger partial charge on any atom is -0.481 e. The number of rotatable bonds is 4. The van der Waals surface area contributed by atoms with Gasteiger partial charge in [-0.1, -0.05) is 0 Å². The highest BCUT2D eigenvalue weighted by Gasteiger charge is 2.73. The van der Waals surface area contributed by atoms with Gasteiger partial charge in [-0.15, -0.1) is 0 Å². The highest BCUT2D eigenvalue weighted by atomic mass is 19.4. The van der Waals surface area contributed by atoms with E-state index in [1.165, 1.54) is 0 Å². The molecule has 13 heteroatoms. The first-order valence-electron chi connectivity index (χ1n) is 4.87. The highest BCUT2D eigenvalue weighted by Crippen LogP contribution is 2.46. The van der Waals surface area contributed by atoms with Gasteiger partial charge in [-0.3, -0.25) is 0 Å². The summed E-state index contributed by atoms with van der Waals surface area (Å²) in [4.78, 5) is 1.99. The van der Waals surface area contributed by atoms with Crippen LogP contribution in [-0.2, 0) is 0 Å². The third-order valence-corrected chi connectivity index (χ3v) is 2.17. The van der Waals surface area contributed by atoms with Crippen molar-refractivity contribution in [1.29, 1.82) is 0 Å². The molecule has 0 spiro atoms. The molecule has 1 aromatic heterocycles. The maximum Gasteiger partial charge on any atom is 0.460 e. The predicted molar refractivity (Wildman–Crippen MR) is 45.5 cm³/mol. The molecule has 0 bridgehead atoms. The van der Waals surface area contributed by atoms with Crippen molar-refractivity contribution in [3.63, 3.8) is 0 Å². The van der Waals surface area contributed by atoms with Gasteiger partial charge in [0, 0.05) is 0 Å². The summed E-state index contributed by atoms with van der Waals surface area (Å²) in [5, 5.41) is 0. The van der Waals surface area contributed by atoms with Gasteiger partial charge in [0.05, 0.1) is 0 Å². The summed E-state index contributed by atoms with van der Waals surface area (Å²) in [5.74, 6) is -24.5. The number of pyridine rings is 1. The number of hydrogen-bond acceptors (Lipinski definition) is 2. The molecule has 2 nitrogen and oxygen atoms in total. The Balaban J connectivity index is 3.10. The zero-order chi connectivity index (χ0) is 17.5. The first kappa shape index (κ1) is 18.2. The zero-order valence-electron chi connectivity index (χ0n) is 9.72. The van der Waals surface area contributed by atoms with Crippen molar-refractivity contribution < 1.29 is 53.0 Å². The maximum absolute atomic E-state index is 12.9. The van der Waals surface area contributed by atoms with E-state index in [0.717, 1.165) is 0 Å². The van der Waals surface area contributed by atoms with Crippen molar-refractivity contribution >= 4 is 0 Å². The molecule has 0 amide bonds. The van der Waals surface area contributed by atoms with E-state index in [2.05, 4.69) is 4.74 Å². The first-order chi connectivity index (χ1) is 9.72. The number of aromatic nitrogens is 1. The Hall–Kier alpha value is -1.82. The normalized spacial score (nSPS) is 13.4. The summed E-state index contributed by atoms with van der Waals surface area (Å²) in [7, 11) is 0. The standard InChI is InChI=1S/C9H2F11NO/c10-2-4(3(11)6(13)21-5(2)12)22-1-7(14,15)8(16,17)9(18,19)20/h1H2. The number of alkyl halides is 7. The fourth-order valence-electron chi connectivity index (χ4n) is 1.06. The molecule has 1 aromatic rings. The molecule has 0 saturated carbocycles. The van der Waals surface area contributed by atoms with Gasteiger partial charge in [-0.2, -0.15) is 53.3 Å². The predicted octanol–water partition coefficient (Wildman–Crippen LogP) is 3.85. The van der Waals surface area contributed by atoms with E-state index in [0.29, 0.717) is 0 Å². The van der Waals surface area contributed by atoms with E-state index < -0.39 is 53.9 Å². The van der Waals surface area contributed by atoms with Crippen LogP contribution in [0.2, 0.25) is 0 Å². The van der Waals surface area contributed by atoms with E-state index in [4.69, 9.17) is 0 Å². The molecule has 0 saturated heterocycles. The molecule has 0 fully saturated rings. The molecule has 0 aliphatic heterocycles. The smallest absolute Gasteiger partial charge is 0.460 e. The Morgan fingerprint density at radius 2 is 1.18 bits per heavy atom. The van der Waals surface area contributed by atoms with E-state index in [1.54, 1.807) is 0 Å². The van der Waals surface area contributed by atoms with Gasteiger partial charge in [0.2, 0.25) is 17.4 Å². The minimum absolute atomic E-state index is 1.99. The fourth-order valence-corrected chi connectivity index (χ4v) is 1.06. The molecule has 0 N–H and O–H groups in total. The number of nitrogens with zero attached hydrogens (tertiary/aromatic N) is 1. The SMILES string of the molecule is Fc1nc(F)c(F)c(OCC(F)(F)C(F)(F)C(F)(F)F)c1F. The van der Waals surface area contributed by atoms with Gasteiger partial charge in [0.15, 0.2) is 6.61 Å². The van der Waals surface area contributed by atoms with Crippen molar-refractivity contribution in [3.8, 4) is 5.75 Å². The van der Waals surface area contributed by atoms with Crippen LogP contribution >= 0.6 is 0 Å². The van der Waals surface area contributed by atoms with Crippen LogP contribution in [0.25, 0.3) is 0 Å². The van der Waals surface area contributed by atoms with Crippen molar-refractivity contribution in [3.05, 3.63) is 23.5 Å². The topological polar surface area (TPSA) is 22.1 Å². The molecular weight excluding hydrogens is 347 g/mol. The van der Waals surface area contributed by atoms with Crippen molar-refractivity contribution in [2.75, 3.05) is 6.61 Å². The monoisotopic (exact) mass is 349 g/mol. The Kier molecular flexibility index (Phi) is 4.50. The van der Waals surface area contributed by atoms with Crippen LogP contribution < -0.4 is 4.74 Å². The van der Waals surface area contributed by atoms with Gasteiger partial charge in [0.25, 0.3) is 11.9 Å². The van der Waals surface area contributed by atoms with Gasteiger partial charge in [0.1, 0.15) is 0 Å². The van der Waals surface area contributed by atoms with Crippen LogP contribution in [0.5, 0.6) is 5.75 Å². The van der Waals surface area contributed by atoms with Crippen LogP contribution in [0.3, 0.4) is 0 Å². The maximum atomic E-state index is 12.9. The lowest BCUT2D eigenvalue weighted by Crippen LogP contribution is -2.54. The van der Waals surface area contributed by atoms with Crippen molar-refractivity contribution in [1.82, 2.24) is 4.98 Å². The van der Waals surface area contributed by atoms with E-state index in [-0.39, 0.29) is 0 Å². The number of ether oxygens (including phenoxy) is 1. The number of hydrogen-bond donors (Lipinski definition) is 0. The van der Waals surface area contributed by atoms with E-state index in [9.17, 15) is 48.3 Å². The lowest BCUT2D eigenvalue weighted by atomic mass is 10.2. The van der Waals surface area contributed by atoms with Crippen LogP contribution in [-0.4, -0.2) is 29.6 Å². The lowest BCUT2D eigenvalue weighted by Gasteiger charge is -2.28. The largest absolute Gasteiger partial charge is 0.481 e. The molecule has 1 heterocycles. The molecule has 1 rings (SSSR count). The average molecular weight is 349 g/mol. The van der Waals surface area contributed by atoms with Crippen LogP contribution in [0, 0.1) is 23.5 Å². The van der Waals surface area contributed by atoms with Crippen molar-refractivity contribution in [2.45, 2.75) is 18.0 Å². The molecule has 0 radical (unpaired) electrons. The Labute approximate surface area is 113 Å². The molecule has 22 heavy (non-hydrogen) atoms. The van der Waals surface area contributed by atoms with Crippen molar-refractivity contribution in [2.24, 2.45) is 0 Å². The summed E-state index contributed by atoms with van der Waals surface area (Å²) >= 11 is 0. The minimum atomic E-state index is -6.70. The van der Waals surface area contributed by atoms with Crippen LogP contribution in [0.1, 0.15) is 0 Å². The molecule has 0 aliphatic carbocycles. The Morgan fingerprint density at radius 1 is 0.773 bits per heavy atom. The van der Waals surface area contributed by atoms with E-state index >= 15 is 0 Å². The third-order valence-electron chi connectivity index (χ3n) is 2.17. The second kappa shape index (κ2) is 5.43. The lowest BCUT2D eigenvalue weighted by molar-refractivity contribution is -0.358. The van der Waals surface area contributed by atoms with Gasteiger partial charge in [-0.05, 0) is 0 Å². The molecular formula is C9H2F11NO. The highest BCUT2D eigenvalue weighted by molar-refractivity contribution is 5.24.